The second kappa shape index (κ2) is 7.46. The van der Waals surface area contributed by atoms with E-state index >= 15 is 0 Å². The lowest BCUT2D eigenvalue weighted by Crippen LogP contribution is -2.14. The Morgan fingerprint density at radius 1 is 0.920 bits per heavy atom. The van der Waals surface area contributed by atoms with Gasteiger partial charge >= 0.3 is 0 Å². The molecule has 0 atom stereocenters. The number of nitrogens with one attached hydrogen (secondary N) is 2. The molecule has 126 valence electrons. The predicted octanol–water partition coefficient (Wildman–Crippen LogP) is 4.92. The Balaban J connectivity index is 1.76. The van der Waals surface area contributed by atoms with Crippen molar-refractivity contribution in [2.24, 2.45) is 0 Å². The largest absolute Gasteiger partial charge is 0.340 e. The summed E-state index contributed by atoms with van der Waals surface area (Å²) in [4.78, 5) is 20.2. The first kappa shape index (κ1) is 17.1. The van der Waals surface area contributed by atoms with Gasteiger partial charge in [0.25, 0.3) is 5.91 Å². The fourth-order valence-corrected chi connectivity index (χ4v) is 2.58. The Bertz CT molecular complexity index is 899. The topological polar surface area (TPSA) is 66.9 Å². The van der Waals surface area contributed by atoms with Gasteiger partial charge < -0.3 is 10.6 Å². The van der Waals surface area contributed by atoms with Crippen molar-refractivity contribution in [3.05, 3.63) is 76.4 Å². The van der Waals surface area contributed by atoms with Crippen LogP contribution in [0.1, 0.15) is 10.5 Å². The maximum atomic E-state index is 12.9. The third-order valence-electron chi connectivity index (χ3n) is 3.14. The van der Waals surface area contributed by atoms with E-state index in [2.05, 4.69) is 20.6 Å². The number of anilines is 3. The number of benzene rings is 2. The molecule has 0 unspecified atom stereocenters. The van der Waals surface area contributed by atoms with Crippen LogP contribution in [0, 0.1) is 5.82 Å². The van der Waals surface area contributed by atoms with E-state index in [-0.39, 0.29) is 11.5 Å². The van der Waals surface area contributed by atoms with Crippen LogP contribution in [0.15, 0.2) is 54.9 Å². The second-order valence-electron chi connectivity index (χ2n) is 5.03. The van der Waals surface area contributed by atoms with Crippen LogP contribution in [0.5, 0.6) is 0 Å². The molecule has 0 aliphatic carbocycles. The molecular formula is C17H11Cl2FN4O. The number of hydrogen-bond acceptors (Lipinski definition) is 4. The van der Waals surface area contributed by atoms with Crippen molar-refractivity contribution in [3.63, 3.8) is 0 Å². The quantitative estimate of drug-likeness (QED) is 0.678. The minimum Gasteiger partial charge on any atom is -0.340 e. The van der Waals surface area contributed by atoms with Crippen molar-refractivity contribution in [1.29, 1.82) is 0 Å². The van der Waals surface area contributed by atoms with Gasteiger partial charge in [-0.1, -0.05) is 23.2 Å². The summed E-state index contributed by atoms with van der Waals surface area (Å²) in [5.74, 6) is -0.425. The molecule has 2 N–H and O–H groups in total. The van der Waals surface area contributed by atoms with Crippen LogP contribution in [0.3, 0.4) is 0 Å². The molecule has 1 amide bonds. The maximum Gasteiger partial charge on any atom is 0.274 e. The first-order valence-corrected chi connectivity index (χ1v) is 7.87. The molecule has 0 bridgehead atoms. The Kier molecular flexibility index (Phi) is 5.11. The Morgan fingerprint density at radius 2 is 1.60 bits per heavy atom. The molecule has 0 radical (unpaired) electrons. The van der Waals surface area contributed by atoms with Gasteiger partial charge in [-0.15, -0.1) is 0 Å². The zero-order chi connectivity index (χ0) is 17.8. The average molecular weight is 377 g/mol. The number of aromatic nitrogens is 2. The van der Waals surface area contributed by atoms with E-state index in [0.29, 0.717) is 27.2 Å². The normalized spacial score (nSPS) is 10.4. The standard InChI is InChI=1S/C17H11Cl2FN4O/c18-10-5-11(19)7-14(6-10)23-16-8-15(21-9-22-16)17(25)24-13-3-1-12(20)2-4-13/h1-9H,(H,24,25)(H,21,22,23). The van der Waals surface area contributed by atoms with E-state index in [9.17, 15) is 9.18 Å². The Labute approximate surface area is 152 Å². The van der Waals surface area contributed by atoms with E-state index < -0.39 is 5.91 Å². The first-order chi connectivity index (χ1) is 12.0. The molecule has 1 aromatic heterocycles. The number of nitrogens with zero attached hydrogens (tertiary/aromatic N) is 2. The molecule has 3 rings (SSSR count). The molecule has 0 aliphatic rings. The van der Waals surface area contributed by atoms with E-state index in [0.717, 1.165) is 0 Å². The monoisotopic (exact) mass is 376 g/mol. The number of rotatable bonds is 4. The van der Waals surface area contributed by atoms with Gasteiger partial charge in [0, 0.05) is 27.5 Å². The lowest BCUT2D eigenvalue weighted by atomic mass is 10.3. The van der Waals surface area contributed by atoms with Crippen LogP contribution in [0.4, 0.5) is 21.6 Å². The zero-order valence-corrected chi connectivity index (χ0v) is 14.1. The molecule has 0 saturated carbocycles. The molecular weight excluding hydrogens is 366 g/mol. The molecule has 3 aromatic rings. The van der Waals surface area contributed by atoms with Gasteiger partial charge in [-0.25, -0.2) is 14.4 Å². The number of halogens is 3. The Morgan fingerprint density at radius 3 is 2.28 bits per heavy atom. The van der Waals surface area contributed by atoms with Crippen LogP contribution in [0.25, 0.3) is 0 Å². The molecule has 8 heteroatoms. The van der Waals surface area contributed by atoms with Gasteiger partial charge in [0.05, 0.1) is 0 Å². The van der Waals surface area contributed by atoms with Crippen molar-refractivity contribution in [2.75, 3.05) is 10.6 Å². The zero-order valence-electron chi connectivity index (χ0n) is 12.6. The van der Waals surface area contributed by atoms with Gasteiger partial charge in [0.2, 0.25) is 0 Å². The highest BCUT2D eigenvalue weighted by Crippen LogP contribution is 2.24. The summed E-state index contributed by atoms with van der Waals surface area (Å²) in [6, 6.07) is 11.9. The smallest absolute Gasteiger partial charge is 0.274 e. The minimum atomic E-state index is -0.443. The summed E-state index contributed by atoms with van der Waals surface area (Å²) in [6.07, 6.45) is 1.26. The van der Waals surface area contributed by atoms with Crippen molar-refractivity contribution >= 4 is 46.3 Å². The maximum absolute atomic E-state index is 12.9. The summed E-state index contributed by atoms with van der Waals surface area (Å²) in [6.45, 7) is 0. The third kappa shape index (κ3) is 4.65. The third-order valence-corrected chi connectivity index (χ3v) is 3.57. The van der Waals surface area contributed by atoms with Crippen LogP contribution in [0.2, 0.25) is 10.0 Å². The molecule has 2 aromatic carbocycles. The van der Waals surface area contributed by atoms with E-state index in [4.69, 9.17) is 23.2 Å². The van der Waals surface area contributed by atoms with Crippen LogP contribution < -0.4 is 10.6 Å². The van der Waals surface area contributed by atoms with Gasteiger partial charge in [0.1, 0.15) is 23.7 Å². The van der Waals surface area contributed by atoms with E-state index in [1.165, 1.54) is 36.7 Å². The Hall–Kier alpha value is -2.70. The number of amides is 1. The van der Waals surface area contributed by atoms with E-state index in [1.54, 1.807) is 18.2 Å². The van der Waals surface area contributed by atoms with Gasteiger partial charge in [0.15, 0.2) is 0 Å². The van der Waals surface area contributed by atoms with Gasteiger partial charge in [-0.3, -0.25) is 4.79 Å². The fourth-order valence-electron chi connectivity index (χ4n) is 2.05. The number of carbonyl (C=O) groups is 1. The number of carbonyl (C=O) groups excluding carboxylic acids is 1. The summed E-state index contributed by atoms with van der Waals surface area (Å²) < 4.78 is 12.9. The van der Waals surface area contributed by atoms with Crippen molar-refractivity contribution in [1.82, 2.24) is 9.97 Å². The van der Waals surface area contributed by atoms with Crippen LogP contribution in [-0.2, 0) is 0 Å². The minimum absolute atomic E-state index is 0.148. The summed E-state index contributed by atoms with van der Waals surface area (Å²) >= 11 is 11.9. The summed E-state index contributed by atoms with van der Waals surface area (Å²) in [7, 11) is 0. The highest BCUT2D eigenvalue weighted by atomic mass is 35.5. The average Bonchev–Trinajstić information content (AvgIpc) is 2.56. The highest BCUT2D eigenvalue weighted by molar-refractivity contribution is 6.35. The van der Waals surface area contributed by atoms with Gasteiger partial charge in [-0.2, -0.15) is 0 Å². The molecule has 5 nitrogen and oxygen atoms in total. The summed E-state index contributed by atoms with van der Waals surface area (Å²) in [5, 5.41) is 6.57. The van der Waals surface area contributed by atoms with Crippen molar-refractivity contribution in [2.45, 2.75) is 0 Å². The lowest BCUT2D eigenvalue weighted by Gasteiger charge is -2.08. The van der Waals surface area contributed by atoms with Crippen LogP contribution >= 0.6 is 23.2 Å². The summed E-state index contributed by atoms with van der Waals surface area (Å²) in [5.41, 5.74) is 1.23. The first-order valence-electron chi connectivity index (χ1n) is 7.12. The molecule has 0 saturated heterocycles. The predicted molar refractivity (Wildman–Crippen MR) is 96.1 cm³/mol. The molecule has 1 heterocycles. The molecule has 0 fully saturated rings. The van der Waals surface area contributed by atoms with Crippen molar-refractivity contribution < 1.29 is 9.18 Å². The second-order valence-corrected chi connectivity index (χ2v) is 5.91. The lowest BCUT2D eigenvalue weighted by molar-refractivity contribution is 0.102. The van der Waals surface area contributed by atoms with Crippen LogP contribution in [-0.4, -0.2) is 15.9 Å². The van der Waals surface area contributed by atoms with E-state index in [1.807, 2.05) is 0 Å². The molecule has 0 aliphatic heterocycles. The number of hydrogen-bond donors (Lipinski definition) is 2. The SMILES string of the molecule is O=C(Nc1ccc(F)cc1)c1cc(Nc2cc(Cl)cc(Cl)c2)ncn1. The molecule has 25 heavy (non-hydrogen) atoms. The fraction of sp³-hybridized carbons (Fsp3) is 0. The highest BCUT2D eigenvalue weighted by Gasteiger charge is 2.10. The van der Waals surface area contributed by atoms with Crippen molar-refractivity contribution in [3.8, 4) is 0 Å². The molecule has 0 spiro atoms. The van der Waals surface area contributed by atoms with Gasteiger partial charge in [-0.05, 0) is 42.5 Å².